The van der Waals surface area contributed by atoms with Crippen LogP contribution in [0.15, 0.2) is 0 Å². The second-order valence-corrected chi connectivity index (χ2v) is 9.80. The number of fused-ring (bicyclic) bond motifs is 1. The summed E-state index contributed by atoms with van der Waals surface area (Å²) in [4.78, 5) is 41.9. The van der Waals surface area contributed by atoms with E-state index in [9.17, 15) is 19.5 Å². The average Bonchev–Trinajstić information content (AvgIpc) is 3.35. The van der Waals surface area contributed by atoms with Gasteiger partial charge in [-0.15, -0.1) is 0 Å². The van der Waals surface area contributed by atoms with Crippen molar-refractivity contribution in [1.82, 2.24) is 15.5 Å². The topological polar surface area (TPSA) is 108 Å². The Morgan fingerprint density at radius 1 is 1.26 bits per heavy atom. The highest BCUT2D eigenvalue weighted by Gasteiger charge is 2.79. The molecular weight excluding hydrogens is 398 g/mol. The molecule has 3 amide bonds. The summed E-state index contributed by atoms with van der Waals surface area (Å²) in [7, 11) is 1.58. The van der Waals surface area contributed by atoms with Gasteiger partial charge >= 0.3 is 0 Å². The van der Waals surface area contributed by atoms with Crippen molar-refractivity contribution in [3.05, 3.63) is 0 Å². The lowest BCUT2D eigenvalue weighted by Gasteiger charge is -2.37. The summed E-state index contributed by atoms with van der Waals surface area (Å²) in [6.45, 7) is 8.39. The molecule has 6 atom stereocenters. The van der Waals surface area contributed by atoms with Crippen LogP contribution < -0.4 is 10.6 Å². The van der Waals surface area contributed by atoms with Crippen molar-refractivity contribution in [3.63, 3.8) is 0 Å². The van der Waals surface area contributed by atoms with Crippen LogP contribution in [-0.2, 0) is 19.1 Å². The summed E-state index contributed by atoms with van der Waals surface area (Å²) in [6.07, 6.45) is 4.18. The summed E-state index contributed by atoms with van der Waals surface area (Å²) >= 11 is 0. The van der Waals surface area contributed by atoms with Gasteiger partial charge in [0, 0.05) is 13.6 Å². The van der Waals surface area contributed by atoms with Gasteiger partial charge < -0.3 is 25.4 Å². The van der Waals surface area contributed by atoms with Crippen LogP contribution in [0.2, 0.25) is 0 Å². The Labute approximate surface area is 185 Å². The van der Waals surface area contributed by atoms with Crippen molar-refractivity contribution in [2.75, 3.05) is 20.2 Å². The number of hydrogen-bond acceptors (Lipinski definition) is 5. The lowest BCUT2D eigenvalue weighted by molar-refractivity contribution is -0.151. The van der Waals surface area contributed by atoms with E-state index in [-0.39, 0.29) is 30.2 Å². The molecule has 0 radical (unpaired) electrons. The summed E-state index contributed by atoms with van der Waals surface area (Å²) in [5.41, 5.74) is -1.74. The molecule has 8 heteroatoms. The summed E-state index contributed by atoms with van der Waals surface area (Å²) in [6, 6.07) is -1.32. The van der Waals surface area contributed by atoms with Crippen LogP contribution in [0.1, 0.15) is 66.2 Å². The van der Waals surface area contributed by atoms with E-state index in [1.54, 1.807) is 11.9 Å². The van der Waals surface area contributed by atoms with Crippen LogP contribution in [0.4, 0.5) is 0 Å². The largest absolute Gasteiger partial charge is 0.394 e. The van der Waals surface area contributed by atoms with Crippen LogP contribution in [0.25, 0.3) is 0 Å². The lowest BCUT2D eigenvalue weighted by atomic mass is 9.65. The molecule has 2 bridgehead atoms. The molecule has 3 N–H and O–H groups in total. The molecule has 0 aromatic carbocycles. The molecule has 3 aliphatic heterocycles. The van der Waals surface area contributed by atoms with Crippen molar-refractivity contribution in [1.29, 1.82) is 0 Å². The lowest BCUT2D eigenvalue weighted by Crippen LogP contribution is -2.58. The van der Waals surface area contributed by atoms with E-state index >= 15 is 0 Å². The Bertz CT molecular complexity index is 713. The molecule has 0 saturated carbocycles. The Hall–Kier alpha value is -1.67. The number of amides is 3. The van der Waals surface area contributed by atoms with Crippen molar-refractivity contribution in [2.45, 2.75) is 89.5 Å². The Balaban J connectivity index is 2.07. The van der Waals surface area contributed by atoms with E-state index < -0.39 is 35.1 Å². The summed E-state index contributed by atoms with van der Waals surface area (Å²) in [5, 5.41) is 15.9. The first kappa shape index (κ1) is 24.0. The zero-order valence-electron chi connectivity index (χ0n) is 19.6. The van der Waals surface area contributed by atoms with Crippen molar-refractivity contribution in [3.8, 4) is 0 Å². The number of carbonyl (C=O) groups is 3. The maximum Gasteiger partial charge on any atom is 0.245 e. The predicted octanol–water partition coefficient (Wildman–Crippen LogP) is 1.21. The fraction of sp³-hybridized carbons (Fsp3) is 0.870. The molecule has 3 rings (SSSR count). The number of unbranched alkanes of at least 4 members (excludes halogenated alkanes) is 1. The second-order valence-electron chi connectivity index (χ2n) is 9.80. The summed E-state index contributed by atoms with van der Waals surface area (Å²) in [5.74, 6) is -1.78. The van der Waals surface area contributed by atoms with Gasteiger partial charge in [0.1, 0.15) is 11.6 Å². The highest BCUT2D eigenvalue weighted by atomic mass is 16.5. The van der Waals surface area contributed by atoms with Gasteiger partial charge in [-0.2, -0.15) is 0 Å². The molecule has 3 aliphatic rings. The van der Waals surface area contributed by atoms with Crippen molar-refractivity contribution >= 4 is 17.7 Å². The fourth-order valence-electron chi connectivity index (χ4n) is 6.21. The van der Waals surface area contributed by atoms with Crippen molar-refractivity contribution in [2.24, 2.45) is 17.8 Å². The van der Waals surface area contributed by atoms with Gasteiger partial charge in [-0.3, -0.25) is 14.4 Å². The Morgan fingerprint density at radius 3 is 2.52 bits per heavy atom. The minimum absolute atomic E-state index is 0.210. The standard InChI is InChI=1S/C23H39N3O5/c1-6-8-11-25-20(29)18-23-10-9-22(7-2,31-23)16(19(28)24-5)17(23)21(30)26(18)15(13-27)12-14(3)4/h14-18,27H,6-13H2,1-5H3,(H,24,28)(H,25,29)/t15-,16+,17+,18?,22-,23?/m1/s1. The van der Waals surface area contributed by atoms with Gasteiger partial charge in [-0.05, 0) is 38.0 Å². The van der Waals surface area contributed by atoms with Gasteiger partial charge in [0.05, 0.1) is 30.1 Å². The Morgan fingerprint density at radius 2 is 1.97 bits per heavy atom. The van der Waals surface area contributed by atoms with E-state index in [0.717, 1.165) is 12.8 Å². The molecule has 31 heavy (non-hydrogen) atoms. The van der Waals surface area contributed by atoms with Gasteiger partial charge in [-0.1, -0.05) is 34.1 Å². The number of likely N-dealkylation sites (tertiary alicyclic amines) is 1. The number of nitrogens with one attached hydrogen (secondary N) is 2. The average molecular weight is 438 g/mol. The maximum atomic E-state index is 13.9. The monoisotopic (exact) mass is 437 g/mol. The molecular formula is C23H39N3O5. The van der Waals surface area contributed by atoms with E-state index in [1.165, 1.54) is 0 Å². The number of hydrogen-bond donors (Lipinski definition) is 3. The van der Waals surface area contributed by atoms with Crippen LogP contribution >= 0.6 is 0 Å². The molecule has 3 heterocycles. The first-order valence-corrected chi connectivity index (χ1v) is 11.9. The smallest absolute Gasteiger partial charge is 0.245 e. The molecule has 0 aromatic heterocycles. The molecule has 0 aromatic rings. The van der Waals surface area contributed by atoms with E-state index in [1.807, 2.05) is 20.8 Å². The number of ether oxygens (including phenoxy) is 1. The van der Waals surface area contributed by atoms with E-state index in [4.69, 9.17) is 4.74 Å². The third-order valence-corrected chi connectivity index (χ3v) is 7.57. The molecule has 0 aliphatic carbocycles. The van der Waals surface area contributed by atoms with Gasteiger partial charge in [0.15, 0.2) is 0 Å². The van der Waals surface area contributed by atoms with Gasteiger partial charge in [0.25, 0.3) is 0 Å². The van der Waals surface area contributed by atoms with Crippen LogP contribution in [0.3, 0.4) is 0 Å². The second kappa shape index (κ2) is 9.06. The number of rotatable bonds is 10. The number of aliphatic hydroxyl groups is 1. The number of carbonyl (C=O) groups excluding carboxylic acids is 3. The van der Waals surface area contributed by atoms with Crippen LogP contribution in [0, 0.1) is 17.8 Å². The quantitative estimate of drug-likeness (QED) is 0.445. The highest BCUT2D eigenvalue weighted by Crippen LogP contribution is 2.64. The first-order chi connectivity index (χ1) is 14.7. The van der Waals surface area contributed by atoms with Crippen LogP contribution in [-0.4, -0.2) is 71.2 Å². The van der Waals surface area contributed by atoms with Gasteiger partial charge in [-0.25, -0.2) is 0 Å². The molecule has 3 saturated heterocycles. The third-order valence-electron chi connectivity index (χ3n) is 7.57. The van der Waals surface area contributed by atoms with Gasteiger partial charge in [0.2, 0.25) is 17.7 Å². The van der Waals surface area contributed by atoms with Crippen LogP contribution in [0.5, 0.6) is 0 Å². The molecule has 2 unspecified atom stereocenters. The predicted molar refractivity (Wildman–Crippen MR) is 116 cm³/mol. The SMILES string of the molecule is CCCCNC(=O)C1N([C@@H](CO)CC(C)C)C(=O)[C@@H]2[C@@H](C(=O)NC)[C@@]3(CC)CCC12O3. The molecule has 8 nitrogen and oxygen atoms in total. The van der Waals surface area contributed by atoms with E-state index in [2.05, 4.69) is 17.6 Å². The number of nitrogens with zero attached hydrogens (tertiary/aromatic N) is 1. The highest BCUT2D eigenvalue weighted by molar-refractivity contribution is 5.99. The first-order valence-electron chi connectivity index (χ1n) is 11.9. The zero-order valence-corrected chi connectivity index (χ0v) is 19.6. The maximum absolute atomic E-state index is 13.9. The van der Waals surface area contributed by atoms with Crippen molar-refractivity contribution < 1.29 is 24.2 Å². The Kier molecular flexibility index (Phi) is 7.01. The molecule has 3 fully saturated rings. The normalized spacial score (nSPS) is 34.9. The minimum Gasteiger partial charge on any atom is -0.394 e. The third kappa shape index (κ3) is 3.65. The molecule has 1 spiro atoms. The minimum atomic E-state index is -1.02. The van der Waals surface area contributed by atoms with E-state index in [0.29, 0.717) is 32.2 Å². The molecule has 176 valence electrons. The summed E-state index contributed by atoms with van der Waals surface area (Å²) < 4.78 is 6.63. The zero-order chi connectivity index (χ0) is 23.0. The fourth-order valence-corrected chi connectivity index (χ4v) is 6.21. The number of aliphatic hydroxyl groups excluding tert-OH is 1.